The Morgan fingerprint density at radius 1 is 0.929 bits per heavy atom. The van der Waals surface area contributed by atoms with Crippen molar-refractivity contribution >= 4 is 16.8 Å². The third-order valence-corrected chi connectivity index (χ3v) is 4.53. The number of para-hydroxylation sites is 2. The van der Waals surface area contributed by atoms with Crippen molar-refractivity contribution in [2.75, 3.05) is 6.61 Å². The highest BCUT2D eigenvalue weighted by Crippen LogP contribution is 2.17. The number of fused-ring (bicyclic) bond motifs is 1. The molecule has 5 nitrogen and oxygen atoms in total. The van der Waals surface area contributed by atoms with Gasteiger partial charge in [-0.3, -0.25) is 4.79 Å². The fourth-order valence-corrected chi connectivity index (χ4v) is 3.09. The number of hydrogen-bond acceptors (Lipinski definition) is 4. The molecule has 0 aliphatic heterocycles. The van der Waals surface area contributed by atoms with Crippen molar-refractivity contribution in [2.24, 2.45) is 0 Å². The second-order valence-corrected chi connectivity index (χ2v) is 6.57. The third-order valence-electron chi connectivity index (χ3n) is 4.53. The summed E-state index contributed by atoms with van der Waals surface area (Å²) in [5, 5.41) is 10.3. The fourth-order valence-electron chi connectivity index (χ4n) is 3.09. The first kappa shape index (κ1) is 17.9. The van der Waals surface area contributed by atoms with Crippen molar-refractivity contribution < 1.29 is 14.6 Å². The van der Waals surface area contributed by atoms with Crippen LogP contribution in [-0.2, 0) is 6.54 Å². The average Bonchev–Trinajstić information content (AvgIpc) is 3.15. The molecule has 5 heteroatoms. The number of carbonyl (C=O) groups excluding carboxylic acids is 1. The fraction of sp³-hybridized carbons (Fsp3) is 0.130. The summed E-state index contributed by atoms with van der Waals surface area (Å²) in [6, 6.07) is 23.9. The summed E-state index contributed by atoms with van der Waals surface area (Å²) in [6.07, 6.45) is 1.04. The normalized spacial score (nSPS) is 12.0. The van der Waals surface area contributed by atoms with Crippen LogP contribution in [-0.4, -0.2) is 33.2 Å². The molecule has 1 atom stereocenters. The number of aromatic nitrogens is 2. The van der Waals surface area contributed by atoms with Crippen molar-refractivity contribution in [3.05, 3.63) is 96.3 Å². The van der Waals surface area contributed by atoms with E-state index in [1.165, 1.54) is 0 Å². The van der Waals surface area contributed by atoms with E-state index in [1.54, 1.807) is 42.7 Å². The van der Waals surface area contributed by atoms with Crippen molar-refractivity contribution in [2.45, 2.75) is 12.6 Å². The van der Waals surface area contributed by atoms with Crippen LogP contribution in [0.25, 0.3) is 11.0 Å². The van der Waals surface area contributed by atoms with Gasteiger partial charge in [-0.25, -0.2) is 4.98 Å². The van der Waals surface area contributed by atoms with Crippen LogP contribution >= 0.6 is 0 Å². The van der Waals surface area contributed by atoms with Crippen molar-refractivity contribution in [3.63, 3.8) is 0 Å². The maximum Gasteiger partial charge on any atom is 0.193 e. The molecule has 0 unspecified atom stereocenters. The Morgan fingerprint density at radius 2 is 1.61 bits per heavy atom. The van der Waals surface area contributed by atoms with E-state index in [0.29, 0.717) is 23.4 Å². The summed E-state index contributed by atoms with van der Waals surface area (Å²) in [5.41, 5.74) is 3.13. The van der Waals surface area contributed by atoms with E-state index in [4.69, 9.17) is 4.74 Å². The molecular formula is C23H20N2O3. The molecule has 0 saturated carbocycles. The summed E-state index contributed by atoms with van der Waals surface area (Å²) < 4.78 is 7.58. The molecule has 3 aromatic carbocycles. The molecule has 0 aliphatic rings. The van der Waals surface area contributed by atoms with Gasteiger partial charge in [-0.05, 0) is 36.4 Å². The van der Waals surface area contributed by atoms with Gasteiger partial charge >= 0.3 is 0 Å². The van der Waals surface area contributed by atoms with E-state index in [1.807, 2.05) is 47.0 Å². The van der Waals surface area contributed by atoms with Crippen LogP contribution in [0.15, 0.2) is 85.2 Å². The molecule has 28 heavy (non-hydrogen) atoms. The summed E-state index contributed by atoms with van der Waals surface area (Å²) in [7, 11) is 0. The van der Waals surface area contributed by atoms with E-state index in [9.17, 15) is 9.90 Å². The van der Waals surface area contributed by atoms with Gasteiger partial charge in [-0.15, -0.1) is 0 Å². The van der Waals surface area contributed by atoms with Gasteiger partial charge in [0.05, 0.1) is 23.9 Å². The highest BCUT2D eigenvalue weighted by molar-refractivity contribution is 6.08. The zero-order valence-electron chi connectivity index (χ0n) is 15.2. The second-order valence-electron chi connectivity index (χ2n) is 6.57. The number of ether oxygens (including phenoxy) is 1. The second kappa shape index (κ2) is 8.06. The average molecular weight is 372 g/mol. The molecule has 1 aromatic heterocycles. The largest absolute Gasteiger partial charge is 0.491 e. The number of nitrogens with zero attached hydrogens (tertiary/aromatic N) is 2. The number of aliphatic hydroxyl groups is 1. The molecule has 1 N–H and O–H groups in total. The lowest BCUT2D eigenvalue weighted by atomic mass is 10.0. The quantitative estimate of drug-likeness (QED) is 0.502. The van der Waals surface area contributed by atoms with Gasteiger partial charge in [0.25, 0.3) is 0 Å². The minimum atomic E-state index is -0.678. The predicted molar refractivity (Wildman–Crippen MR) is 108 cm³/mol. The maximum absolute atomic E-state index is 12.4. The van der Waals surface area contributed by atoms with Crippen LogP contribution in [0, 0.1) is 0 Å². The standard InChI is InChI=1S/C23H20N2O3/c26-19(14-25-16-24-21-8-4-5-9-22(21)25)15-28-20-12-10-18(11-13-20)23(27)17-6-2-1-3-7-17/h1-13,16,19,26H,14-15H2/t19-/m1/s1. The highest BCUT2D eigenvalue weighted by atomic mass is 16.5. The topological polar surface area (TPSA) is 64.3 Å². The molecular weight excluding hydrogens is 352 g/mol. The summed E-state index contributed by atoms with van der Waals surface area (Å²) in [5.74, 6) is 0.582. The number of benzene rings is 3. The van der Waals surface area contributed by atoms with E-state index in [2.05, 4.69) is 4.98 Å². The number of imidazole rings is 1. The SMILES string of the molecule is O=C(c1ccccc1)c1ccc(OC[C@H](O)Cn2cnc3ccccc32)cc1. The summed E-state index contributed by atoms with van der Waals surface area (Å²) in [6.45, 7) is 0.545. The Labute approximate surface area is 162 Å². The van der Waals surface area contributed by atoms with Crippen LogP contribution in [0.4, 0.5) is 0 Å². The van der Waals surface area contributed by atoms with E-state index >= 15 is 0 Å². The van der Waals surface area contributed by atoms with E-state index in [0.717, 1.165) is 11.0 Å². The highest BCUT2D eigenvalue weighted by Gasteiger charge is 2.11. The molecule has 1 heterocycles. The molecule has 0 saturated heterocycles. The number of carbonyl (C=O) groups is 1. The molecule has 0 aliphatic carbocycles. The van der Waals surface area contributed by atoms with Crippen LogP contribution < -0.4 is 4.74 Å². The Hall–Kier alpha value is -3.44. The van der Waals surface area contributed by atoms with Gasteiger partial charge < -0.3 is 14.4 Å². The van der Waals surface area contributed by atoms with E-state index < -0.39 is 6.10 Å². The minimum Gasteiger partial charge on any atom is -0.491 e. The lowest BCUT2D eigenvalue weighted by Gasteiger charge is -2.14. The first-order chi connectivity index (χ1) is 13.7. The molecule has 4 rings (SSSR count). The van der Waals surface area contributed by atoms with Gasteiger partial charge in [0.15, 0.2) is 5.78 Å². The van der Waals surface area contributed by atoms with Crippen molar-refractivity contribution in [1.29, 1.82) is 0 Å². The van der Waals surface area contributed by atoms with Gasteiger partial charge in [0.2, 0.25) is 0 Å². The van der Waals surface area contributed by atoms with Gasteiger partial charge in [0, 0.05) is 11.1 Å². The lowest BCUT2D eigenvalue weighted by molar-refractivity contribution is 0.0933. The maximum atomic E-state index is 12.4. The third kappa shape index (κ3) is 3.94. The van der Waals surface area contributed by atoms with Gasteiger partial charge in [0.1, 0.15) is 18.5 Å². The molecule has 0 fully saturated rings. The Kier molecular flexibility index (Phi) is 5.17. The van der Waals surface area contributed by atoms with Gasteiger partial charge in [-0.1, -0.05) is 42.5 Å². The van der Waals surface area contributed by atoms with Crippen LogP contribution in [0.1, 0.15) is 15.9 Å². The first-order valence-electron chi connectivity index (χ1n) is 9.11. The Morgan fingerprint density at radius 3 is 2.39 bits per heavy atom. The first-order valence-corrected chi connectivity index (χ1v) is 9.11. The van der Waals surface area contributed by atoms with Crippen molar-refractivity contribution in [1.82, 2.24) is 9.55 Å². The molecule has 140 valence electrons. The number of ketones is 1. The van der Waals surface area contributed by atoms with E-state index in [-0.39, 0.29) is 12.4 Å². The molecule has 0 spiro atoms. The van der Waals surface area contributed by atoms with Gasteiger partial charge in [-0.2, -0.15) is 0 Å². The Balaban J connectivity index is 1.35. The molecule has 4 aromatic rings. The zero-order valence-corrected chi connectivity index (χ0v) is 15.2. The molecule has 0 amide bonds. The smallest absolute Gasteiger partial charge is 0.193 e. The minimum absolute atomic E-state index is 0.0285. The van der Waals surface area contributed by atoms with Crippen molar-refractivity contribution in [3.8, 4) is 5.75 Å². The lowest BCUT2D eigenvalue weighted by Crippen LogP contribution is -2.23. The zero-order chi connectivity index (χ0) is 19.3. The molecule has 0 bridgehead atoms. The number of aliphatic hydroxyl groups excluding tert-OH is 1. The van der Waals surface area contributed by atoms with Crippen LogP contribution in [0.5, 0.6) is 5.75 Å². The molecule has 0 radical (unpaired) electrons. The predicted octanol–water partition coefficient (Wildman–Crippen LogP) is 3.71. The monoisotopic (exact) mass is 372 g/mol. The number of hydrogen-bond donors (Lipinski definition) is 1. The Bertz CT molecular complexity index is 1070. The summed E-state index contributed by atoms with van der Waals surface area (Å²) >= 11 is 0. The number of rotatable bonds is 7. The van der Waals surface area contributed by atoms with Crippen LogP contribution in [0.2, 0.25) is 0 Å². The van der Waals surface area contributed by atoms with Crippen LogP contribution in [0.3, 0.4) is 0 Å². The summed E-state index contributed by atoms with van der Waals surface area (Å²) in [4.78, 5) is 16.7.